The fraction of sp³-hybridized carbons (Fsp3) is 0.588. The van der Waals surface area contributed by atoms with E-state index >= 15 is 0 Å². The van der Waals surface area contributed by atoms with Gasteiger partial charge in [-0.15, -0.1) is 0 Å². The minimum atomic E-state index is -0.873. The van der Waals surface area contributed by atoms with Crippen LogP contribution < -0.4 is 10.2 Å². The van der Waals surface area contributed by atoms with Gasteiger partial charge in [0.05, 0.1) is 23.7 Å². The lowest BCUT2D eigenvalue weighted by atomic mass is 9.77. The molecule has 0 amide bonds. The number of carboxylic acid groups (broad SMARTS) is 1. The van der Waals surface area contributed by atoms with E-state index in [-0.39, 0.29) is 12.5 Å². The zero-order valence-electron chi connectivity index (χ0n) is 14.7. The first-order valence-electron chi connectivity index (χ1n) is 7.89. The van der Waals surface area contributed by atoms with Crippen molar-refractivity contribution in [3.05, 3.63) is 23.8 Å². The predicted octanol–water partition coefficient (Wildman–Crippen LogP) is 2.40. The van der Waals surface area contributed by atoms with Crippen molar-refractivity contribution in [1.82, 2.24) is 0 Å². The van der Waals surface area contributed by atoms with E-state index in [1.807, 2.05) is 41.5 Å². The van der Waals surface area contributed by atoms with Crippen molar-refractivity contribution in [3.63, 3.8) is 0 Å². The molecule has 0 saturated carbocycles. The Bertz CT molecular complexity index is 579. The van der Waals surface area contributed by atoms with Crippen molar-refractivity contribution in [3.8, 4) is 5.75 Å². The molecule has 0 aliphatic carbocycles. The van der Waals surface area contributed by atoms with Crippen molar-refractivity contribution < 1.29 is 23.9 Å². The SMILES string of the molecule is CC(C)Oc1ccc(CC(=O)O)cc1B1OC(C)(C)C(C)(C)O1. The summed E-state index contributed by atoms with van der Waals surface area (Å²) in [6.07, 6.45) is -0.0458. The number of hydrogen-bond acceptors (Lipinski definition) is 4. The van der Waals surface area contributed by atoms with Crippen LogP contribution >= 0.6 is 0 Å². The lowest BCUT2D eigenvalue weighted by Crippen LogP contribution is -2.41. The molecule has 0 atom stereocenters. The Kier molecular flexibility index (Phi) is 4.78. The number of carbonyl (C=O) groups is 1. The highest BCUT2D eigenvalue weighted by Crippen LogP contribution is 2.37. The summed E-state index contributed by atoms with van der Waals surface area (Å²) >= 11 is 0. The fourth-order valence-electron chi connectivity index (χ4n) is 2.40. The van der Waals surface area contributed by atoms with Crippen LogP contribution in [0.1, 0.15) is 47.1 Å². The zero-order chi connectivity index (χ0) is 17.4. The Morgan fingerprint density at radius 1 is 1.22 bits per heavy atom. The molecule has 5 nitrogen and oxygen atoms in total. The summed E-state index contributed by atoms with van der Waals surface area (Å²) in [5.74, 6) is -0.213. The third-order valence-corrected chi connectivity index (χ3v) is 4.30. The molecule has 1 heterocycles. The van der Waals surface area contributed by atoms with Gasteiger partial charge in [0, 0.05) is 5.46 Å². The van der Waals surface area contributed by atoms with Crippen molar-refractivity contribution in [2.75, 3.05) is 0 Å². The van der Waals surface area contributed by atoms with E-state index in [1.54, 1.807) is 18.2 Å². The fourth-order valence-corrected chi connectivity index (χ4v) is 2.40. The molecule has 1 aromatic rings. The summed E-state index contributed by atoms with van der Waals surface area (Å²) in [6, 6.07) is 5.35. The molecule has 0 aromatic heterocycles. The molecule has 6 heteroatoms. The summed E-state index contributed by atoms with van der Waals surface area (Å²) in [4.78, 5) is 11.0. The smallest absolute Gasteiger partial charge is 0.491 e. The number of hydrogen-bond donors (Lipinski definition) is 1. The average Bonchev–Trinajstić information content (AvgIpc) is 2.59. The summed E-state index contributed by atoms with van der Waals surface area (Å²) in [6.45, 7) is 11.8. The van der Waals surface area contributed by atoms with Crippen LogP contribution in [0.3, 0.4) is 0 Å². The number of ether oxygens (including phenoxy) is 1. The second-order valence-electron chi connectivity index (χ2n) is 7.20. The first-order valence-corrected chi connectivity index (χ1v) is 7.89. The predicted molar refractivity (Wildman–Crippen MR) is 89.3 cm³/mol. The van der Waals surface area contributed by atoms with Crippen LogP contribution in [0.4, 0.5) is 0 Å². The molecular weight excluding hydrogens is 295 g/mol. The highest BCUT2D eigenvalue weighted by atomic mass is 16.7. The van der Waals surface area contributed by atoms with Crippen molar-refractivity contribution in [1.29, 1.82) is 0 Å². The van der Waals surface area contributed by atoms with Gasteiger partial charge in [0.2, 0.25) is 0 Å². The van der Waals surface area contributed by atoms with Gasteiger partial charge in [-0.1, -0.05) is 12.1 Å². The zero-order valence-corrected chi connectivity index (χ0v) is 14.7. The summed E-state index contributed by atoms with van der Waals surface area (Å²) in [5.41, 5.74) is 0.500. The van der Waals surface area contributed by atoms with E-state index in [2.05, 4.69) is 0 Å². The van der Waals surface area contributed by atoms with E-state index in [9.17, 15) is 4.79 Å². The monoisotopic (exact) mass is 320 g/mol. The van der Waals surface area contributed by atoms with Crippen LogP contribution in [0.25, 0.3) is 0 Å². The van der Waals surface area contributed by atoms with Crippen LogP contribution in [0.5, 0.6) is 5.75 Å². The first-order chi connectivity index (χ1) is 10.5. The molecule has 1 fully saturated rings. The topological polar surface area (TPSA) is 65.0 Å². The number of aliphatic carboxylic acids is 1. The largest absolute Gasteiger partial charge is 0.498 e. The Hall–Kier alpha value is -1.53. The molecule has 23 heavy (non-hydrogen) atoms. The number of carboxylic acids is 1. The van der Waals surface area contributed by atoms with Gasteiger partial charge in [-0.3, -0.25) is 4.79 Å². The molecule has 0 radical (unpaired) electrons. The number of benzene rings is 1. The lowest BCUT2D eigenvalue weighted by molar-refractivity contribution is -0.136. The van der Waals surface area contributed by atoms with Gasteiger partial charge in [-0.05, 0) is 53.2 Å². The van der Waals surface area contributed by atoms with E-state index in [0.29, 0.717) is 11.3 Å². The van der Waals surface area contributed by atoms with E-state index in [0.717, 1.165) is 5.46 Å². The van der Waals surface area contributed by atoms with Crippen molar-refractivity contribution in [2.45, 2.75) is 65.3 Å². The maximum absolute atomic E-state index is 11.0. The van der Waals surface area contributed by atoms with Crippen LogP contribution in [0.15, 0.2) is 18.2 Å². The second-order valence-corrected chi connectivity index (χ2v) is 7.20. The van der Waals surface area contributed by atoms with Crippen LogP contribution in [-0.2, 0) is 20.5 Å². The Morgan fingerprint density at radius 3 is 2.26 bits per heavy atom. The third kappa shape index (κ3) is 3.87. The molecule has 0 bridgehead atoms. The van der Waals surface area contributed by atoms with Crippen molar-refractivity contribution >= 4 is 18.6 Å². The van der Waals surface area contributed by atoms with Gasteiger partial charge >= 0.3 is 13.1 Å². The normalized spacial score (nSPS) is 19.2. The van der Waals surface area contributed by atoms with Gasteiger partial charge < -0.3 is 19.2 Å². The minimum absolute atomic E-state index is 0.00139. The van der Waals surface area contributed by atoms with Gasteiger partial charge in [-0.2, -0.15) is 0 Å². The average molecular weight is 320 g/mol. The molecule has 1 aromatic carbocycles. The summed E-state index contributed by atoms with van der Waals surface area (Å²) < 4.78 is 18.0. The molecule has 0 spiro atoms. The summed E-state index contributed by atoms with van der Waals surface area (Å²) in [7, 11) is -0.581. The van der Waals surface area contributed by atoms with Crippen LogP contribution in [0.2, 0.25) is 0 Å². The Morgan fingerprint density at radius 2 is 1.78 bits per heavy atom. The Balaban J connectivity index is 2.39. The standard InChI is InChI=1S/C17H25BO5/c1-11(2)21-14-8-7-12(10-15(19)20)9-13(14)18-22-16(3,4)17(5,6)23-18/h7-9,11H,10H2,1-6H3,(H,19,20). The van der Waals surface area contributed by atoms with Gasteiger partial charge in [0.15, 0.2) is 0 Å². The van der Waals surface area contributed by atoms with E-state index in [1.165, 1.54) is 0 Å². The third-order valence-electron chi connectivity index (χ3n) is 4.30. The molecule has 1 N–H and O–H groups in total. The molecule has 2 rings (SSSR count). The second kappa shape index (κ2) is 6.17. The maximum atomic E-state index is 11.0. The molecule has 126 valence electrons. The number of rotatable bonds is 5. The van der Waals surface area contributed by atoms with Crippen LogP contribution in [0, 0.1) is 0 Å². The van der Waals surface area contributed by atoms with Gasteiger partial charge in [-0.25, -0.2) is 0 Å². The lowest BCUT2D eigenvalue weighted by Gasteiger charge is -2.32. The van der Waals surface area contributed by atoms with Gasteiger partial charge in [0.1, 0.15) is 5.75 Å². The highest BCUT2D eigenvalue weighted by molar-refractivity contribution is 6.63. The maximum Gasteiger partial charge on any atom is 0.498 e. The molecule has 0 unspecified atom stereocenters. The van der Waals surface area contributed by atoms with E-state index in [4.69, 9.17) is 19.2 Å². The Labute approximate surface area is 138 Å². The minimum Gasteiger partial charge on any atom is -0.491 e. The summed E-state index contributed by atoms with van der Waals surface area (Å²) in [5, 5.41) is 9.01. The highest BCUT2D eigenvalue weighted by Gasteiger charge is 2.52. The molecule has 1 aliphatic rings. The van der Waals surface area contributed by atoms with E-state index < -0.39 is 24.3 Å². The molecule has 1 aliphatic heterocycles. The van der Waals surface area contributed by atoms with Crippen molar-refractivity contribution in [2.24, 2.45) is 0 Å². The quantitative estimate of drug-likeness (QED) is 0.844. The first kappa shape index (κ1) is 17.8. The van der Waals surface area contributed by atoms with Gasteiger partial charge in [0.25, 0.3) is 0 Å². The molecular formula is C17H25BO5. The molecule has 1 saturated heterocycles. The van der Waals surface area contributed by atoms with Crippen LogP contribution in [-0.4, -0.2) is 35.5 Å².